The summed E-state index contributed by atoms with van der Waals surface area (Å²) >= 11 is 5.94. The maximum Gasteiger partial charge on any atom is 0.253 e. The number of carbonyl (C=O) groups is 1. The summed E-state index contributed by atoms with van der Waals surface area (Å²) in [5.74, 6) is 1.65. The van der Waals surface area contributed by atoms with Crippen molar-refractivity contribution in [2.75, 3.05) is 13.1 Å². The molecule has 0 radical (unpaired) electrons. The van der Waals surface area contributed by atoms with E-state index in [1.807, 2.05) is 17.0 Å². The average molecular weight is 280 g/mol. The molecule has 1 unspecified atom stereocenters. The van der Waals surface area contributed by atoms with Crippen LogP contribution < -0.4 is 0 Å². The second kappa shape index (κ2) is 6.42. The summed E-state index contributed by atoms with van der Waals surface area (Å²) in [7, 11) is 0. The van der Waals surface area contributed by atoms with E-state index in [2.05, 4.69) is 13.8 Å². The Morgan fingerprint density at radius 1 is 1.42 bits per heavy atom. The van der Waals surface area contributed by atoms with Crippen LogP contribution >= 0.6 is 11.6 Å². The van der Waals surface area contributed by atoms with Crippen molar-refractivity contribution in [1.82, 2.24) is 4.90 Å². The molecule has 1 amide bonds. The van der Waals surface area contributed by atoms with Crippen molar-refractivity contribution in [2.45, 2.75) is 33.1 Å². The molecular weight excluding hydrogens is 258 g/mol. The lowest BCUT2D eigenvalue weighted by molar-refractivity contribution is 0.0661. The predicted octanol–water partition coefficient (Wildman–Crippen LogP) is 4.24. The van der Waals surface area contributed by atoms with E-state index in [4.69, 9.17) is 11.6 Å². The average Bonchev–Trinajstić information content (AvgIpc) is 2.46. The monoisotopic (exact) mass is 279 g/mol. The van der Waals surface area contributed by atoms with E-state index >= 15 is 0 Å². The fourth-order valence-corrected chi connectivity index (χ4v) is 3.00. The Bertz CT molecular complexity index is 438. The third-order valence-corrected chi connectivity index (χ3v) is 4.58. The Morgan fingerprint density at radius 2 is 2.11 bits per heavy atom. The van der Waals surface area contributed by atoms with Gasteiger partial charge in [-0.05, 0) is 42.9 Å². The minimum absolute atomic E-state index is 0.116. The van der Waals surface area contributed by atoms with Crippen molar-refractivity contribution in [2.24, 2.45) is 11.8 Å². The number of hydrogen-bond donors (Lipinski definition) is 0. The van der Waals surface area contributed by atoms with Crippen molar-refractivity contribution >= 4 is 17.5 Å². The molecule has 104 valence electrons. The molecule has 1 saturated heterocycles. The Morgan fingerprint density at radius 3 is 2.68 bits per heavy atom. The third-order valence-electron chi connectivity index (χ3n) is 4.35. The largest absolute Gasteiger partial charge is 0.339 e. The highest BCUT2D eigenvalue weighted by Gasteiger charge is 2.26. The van der Waals surface area contributed by atoms with Crippen LogP contribution in [0, 0.1) is 11.8 Å². The quantitative estimate of drug-likeness (QED) is 0.810. The van der Waals surface area contributed by atoms with Crippen LogP contribution in [0.15, 0.2) is 24.3 Å². The first-order valence-corrected chi connectivity index (χ1v) is 7.54. The molecule has 1 aromatic rings. The van der Waals surface area contributed by atoms with E-state index < -0.39 is 0 Å². The van der Waals surface area contributed by atoms with Gasteiger partial charge in [0.25, 0.3) is 5.91 Å². The van der Waals surface area contributed by atoms with E-state index in [1.165, 1.54) is 6.42 Å². The zero-order valence-corrected chi connectivity index (χ0v) is 12.5. The van der Waals surface area contributed by atoms with Gasteiger partial charge in [-0.15, -0.1) is 0 Å². The molecule has 0 spiro atoms. The van der Waals surface area contributed by atoms with Crippen molar-refractivity contribution in [1.29, 1.82) is 0 Å². The molecule has 0 N–H and O–H groups in total. The molecule has 1 aliphatic heterocycles. The van der Waals surface area contributed by atoms with Gasteiger partial charge in [0, 0.05) is 23.7 Å². The molecule has 2 rings (SSSR count). The lowest BCUT2D eigenvalue weighted by Crippen LogP contribution is -2.39. The smallest absolute Gasteiger partial charge is 0.253 e. The number of amides is 1. The first kappa shape index (κ1) is 14.4. The molecule has 0 bridgehead atoms. The standard InChI is InChI=1S/C16H22ClNO/c1-3-12(2)13-7-9-18(10-8-13)16(19)14-5-4-6-15(17)11-14/h4-6,11-13H,3,7-10H2,1-2H3. The second-order valence-corrected chi connectivity index (χ2v) is 5.96. The van der Waals surface area contributed by atoms with Gasteiger partial charge < -0.3 is 4.90 Å². The minimum atomic E-state index is 0.116. The summed E-state index contributed by atoms with van der Waals surface area (Å²) in [5, 5.41) is 0.625. The summed E-state index contributed by atoms with van der Waals surface area (Å²) in [6.07, 6.45) is 3.48. The van der Waals surface area contributed by atoms with Crippen LogP contribution in [0.5, 0.6) is 0 Å². The van der Waals surface area contributed by atoms with Gasteiger partial charge in [-0.2, -0.15) is 0 Å². The van der Waals surface area contributed by atoms with Crippen LogP contribution in [-0.2, 0) is 0 Å². The first-order chi connectivity index (χ1) is 9.11. The highest BCUT2D eigenvalue weighted by atomic mass is 35.5. The first-order valence-electron chi connectivity index (χ1n) is 7.16. The molecule has 1 aromatic carbocycles. The van der Waals surface area contributed by atoms with Crippen LogP contribution in [0.3, 0.4) is 0 Å². The predicted molar refractivity (Wildman–Crippen MR) is 79.5 cm³/mol. The minimum Gasteiger partial charge on any atom is -0.339 e. The summed E-state index contributed by atoms with van der Waals surface area (Å²) in [6.45, 7) is 6.31. The van der Waals surface area contributed by atoms with Crippen molar-refractivity contribution in [3.8, 4) is 0 Å². The van der Waals surface area contributed by atoms with Gasteiger partial charge in [-0.1, -0.05) is 37.9 Å². The van der Waals surface area contributed by atoms with Crippen molar-refractivity contribution in [3.63, 3.8) is 0 Å². The lowest BCUT2D eigenvalue weighted by atomic mass is 9.84. The molecule has 1 atom stereocenters. The third kappa shape index (κ3) is 3.50. The normalized spacial score (nSPS) is 18.4. The van der Waals surface area contributed by atoms with Crippen LogP contribution in [0.25, 0.3) is 0 Å². The van der Waals surface area contributed by atoms with Gasteiger partial charge in [0.1, 0.15) is 0 Å². The van der Waals surface area contributed by atoms with Crippen LogP contribution in [0.4, 0.5) is 0 Å². The zero-order chi connectivity index (χ0) is 13.8. The molecule has 0 saturated carbocycles. The lowest BCUT2D eigenvalue weighted by Gasteiger charge is -2.34. The number of nitrogens with zero attached hydrogens (tertiary/aromatic N) is 1. The number of hydrogen-bond acceptors (Lipinski definition) is 1. The second-order valence-electron chi connectivity index (χ2n) is 5.53. The fraction of sp³-hybridized carbons (Fsp3) is 0.562. The molecule has 19 heavy (non-hydrogen) atoms. The number of halogens is 1. The molecule has 1 fully saturated rings. The molecule has 1 heterocycles. The Balaban J connectivity index is 1.96. The molecular formula is C16H22ClNO. The van der Waals surface area contributed by atoms with E-state index in [0.29, 0.717) is 10.6 Å². The molecule has 3 heteroatoms. The van der Waals surface area contributed by atoms with Gasteiger partial charge in [-0.25, -0.2) is 0 Å². The Kier molecular flexibility index (Phi) is 4.87. The van der Waals surface area contributed by atoms with Crippen LogP contribution in [-0.4, -0.2) is 23.9 Å². The Hall–Kier alpha value is -1.02. The maximum atomic E-state index is 12.4. The summed E-state index contributed by atoms with van der Waals surface area (Å²) in [6, 6.07) is 7.23. The highest BCUT2D eigenvalue weighted by molar-refractivity contribution is 6.30. The number of carbonyl (C=O) groups excluding carboxylic acids is 1. The maximum absolute atomic E-state index is 12.4. The molecule has 1 aliphatic rings. The number of benzene rings is 1. The highest BCUT2D eigenvalue weighted by Crippen LogP contribution is 2.27. The summed E-state index contributed by atoms with van der Waals surface area (Å²) < 4.78 is 0. The van der Waals surface area contributed by atoms with Gasteiger partial charge in [-0.3, -0.25) is 4.79 Å². The van der Waals surface area contributed by atoms with Gasteiger partial charge >= 0.3 is 0 Å². The Labute approximate surface area is 120 Å². The van der Waals surface area contributed by atoms with Gasteiger partial charge in [0.05, 0.1) is 0 Å². The van der Waals surface area contributed by atoms with Gasteiger partial charge in [0.2, 0.25) is 0 Å². The SMILES string of the molecule is CCC(C)C1CCN(C(=O)c2cccc(Cl)c2)CC1. The van der Waals surface area contributed by atoms with Crippen LogP contribution in [0.1, 0.15) is 43.5 Å². The van der Waals surface area contributed by atoms with E-state index in [1.54, 1.807) is 12.1 Å². The van der Waals surface area contributed by atoms with Gasteiger partial charge in [0.15, 0.2) is 0 Å². The molecule has 2 nitrogen and oxygen atoms in total. The van der Waals surface area contributed by atoms with Crippen molar-refractivity contribution < 1.29 is 4.79 Å². The van der Waals surface area contributed by atoms with Crippen molar-refractivity contribution in [3.05, 3.63) is 34.9 Å². The van der Waals surface area contributed by atoms with Crippen LogP contribution in [0.2, 0.25) is 5.02 Å². The number of likely N-dealkylation sites (tertiary alicyclic amines) is 1. The topological polar surface area (TPSA) is 20.3 Å². The van der Waals surface area contributed by atoms with E-state index in [0.717, 1.165) is 37.8 Å². The zero-order valence-electron chi connectivity index (χ0n) is 11.7. The molecule has 0 aromatic heterocycles. The summed E-state index contributed by atoms with van der Waals surface area (Å²) in [5.41, 5.74) is 0.703. The fourth-order valence-electron chi connectivity index (χ4n) is 2.81. The number of piperidine rings is 1. The summed E-state index contributed by atoms with van der Waals surface area (Å²) in [4.78, 5) is 14.3. The van der Waals surface area contributed by atoms with E-state index in [9.17, 15) is 4.79 Å². The van der Waals surface area contributed by atoms with E-state index in [-0.39, 0.29) is 5.91 Å². The molecule has 0 aliphatic carbocycles. The number of rotatable bonds is 3.